The molecule has 0 bridgehead atoms. The van der Waals surface area contributed by atoms with Crippen LogP contribution in [0.4, 0.5) is 5.69 Å². The van der Waals surface area contributed by atoms with E-state index in [1.807, 2.05) is 26.8 Å². The number of nitrogens with zero attached hydrogens (tertiary/aromatic N) is 1. The zero-order valence-corrected chi connectivity index (χ0v) is 9.31. The van der Waals surface area contributed by atoms with E-state index in [4.69, 9.17) is 16.9 Å². The molecule has 3 heteroatoms. The number of hydrogen-bond donors (Lipinski definition) is 1. The average molecular weight is 209 g/mol. The van der Waals surface area contributed by atoms with E-state index < -0.39 is 0 Å². The second-order valence-corrected chi connectivity index (χ2v) is 4.61. The minimum atomic E-state index is -0.0561. The summed E-state index contributed by atoms with van der Waals surface area (Å²) in [7, 11) is 0. The molecule has 1 rings (SSSR count). The van der Waals surface area contributed by atoms with Gasteiger partial charge in [0.2, 0.25) is 0 Å². The van der Waals surface area contributed by atoms with Gasteiger partial charge in [0.15, 0.2) is 0 Å². The second kappa shape index (κ2) is 3.89. The molecule has 74 valence electrons. The van der Waals surface area contributed by atoms with Crippen LogP contribution in [0.5, 0.6) is 0 Å². The van der Waals surface area contributed by atoms with Crippen LogP contribution in [0.3, 0.4) is 0 Å². The van der Waals surface area contributed by atoms with E-state index in [-0.39, 0.29) is 5.54 Å². The van der Waals surface area contributed by atoms with Gasteiger partial charge < -0.3 is 5.32 Å². The molecule has 0 aliphatic rings. The summed E-state index contributed by atoms with van der Waals surface area (Å²) < 4.78 is 0. The first kappa shape index (κ1) is 10.9. The van der Waals surface area contributed by atoms with Crippen molar-refractivity contribution in [2.24, 2.45) is 0 Å². The van der Waals surface area contributed by atoms with E-state index in [9.17, 15) is 0 Å². The van der Waals surface area contributed by atoms with Crippen molar-refractivity contribution in [3.05, 3.63) is 28.8 Å². The van der Waals surface area contributed by atoms with Crippen molar-refractivity contribution in [3.8, 4) is 6.07 Å². The third-order valence-corrected chi connectivity index (χ3v) is 1.85. The SMILES string of the molecule is CC(C)(C)Nc1ccc(Cl)cc1C#N. The summed E-state index contributed by atoms with van der Waals surface area (Å²) >= 11 is 5.79. The highest BCUT2D eigenvalue weighted by molar-refractivity contribution is 6.30. The van der Waals surface area contributed by atoms with Gasteiger partial charge in [-0.25, -0.2) is 0 Å². The maximum Gasteiger partial charge on any atom is 0.101 e. The average Bonchev–Trinajstić information content (AvgIpc) is 2.06. The van der Waals surface area contributed by atoms with Crippen LogP contribution in [0, 0.1) is 11.3 Å². The third-order valence-electron chi connectivity index (χ3n) is 1.61. The number of anilines is 1. The van der Waals surface area contributed by atoms with Gasteiger partial charge in [-0.1, -0.05) is 11.6 Å². The smallest absolute Gasteiger partial charge is 0.101 e. The Morgan fingerprint density at radius 2 is 2.00 bits per heavy atom. The van der Waals surface area contributed by atoms with Crippen LogP contribution in [0.1, 0.15) is 26.3 Å². The number of hydrogen-bond acceptors (Lipinski definition) is 2. The molecular formula is C11H13ClN2. The van der Waals surface area contributed by atoms with Gasteiger partial charge in [-0.05, 0) is 39.0 Å². The Hall–Kier alpha value is -1.20. The molecule has 14 heavy (non-hydrogen) atoms. The highest BCUT2D eigenvalue weighted by Crippen LogP contribution is 2.22. The van der Waals surface area contributed by atoms with Gasteiger partial charge in [0.1, 0.15) is 6.07 Å². The van der Waals surface area contributed by atoms with E-state index in [2.05, 4.69) is 11.4 Å². The molecule has 0 saturated heterocycles. The largest absolute Gasteiger partial charge is 0.379 e. The summed E-state index contributed by atoms with van der Waals surface area (Å²) in [6.45, 7) is 6.13. The first-order chi connectivity index (χ1) is 6.42. The standard InChI is InChI=1S/C11H13ClN2/c1-11(2,3)14-10-5-4-9(12)6-8(10)7-13/h4-6,14H,1-3H3. The van der Waals surface area contributed by atoms with E-state index in [1.165, 1.54) is 0 Å². The summed E-state index contributed by atoms with van der Waals surface area (Å²) in [4.78, 5) is 0. The minimum Gasteiger partial charge on any atom is -0.379 e. The molecule has 0 atom stereocenters. The van der Waals surface area contributed by atoms with E-state index in [0.29, 0.717) is 10.6 Å². The fourth-order valence-corrected chi connectivity index (χ4v) is 1.29. The molecule has 0 aliphatic carbocycles. The highest BCUT2D eigenvalue weighted by Gasteiger charge is 2.11. The molecule has 2 nitrogen and oxygen atoms in total. The van der Waals surface area contributed by atoms with Gasteiger partial charge in [-0.2, -0.15) is 5.26 Å². The highest BCUT2D eigenvalue weighted by atomic mass is 35.5. The predicted octanol–water partition coefficient (Wildman–Crippen LogP) is 3.42. The quantitative estimate of drug-likeness (QED) is 0.768. The molecule has 1 aromatic rings. The van der Waals surface area contributed by atoms with Crippen molar-refractivity contribution < 1.29 is 0 Å². The third kappa shape index (κ3) is 2.93. The number of benzene rings is 1. The van der Waals surface area contributed by atoms with Crippen LogP contribution >= 0.6 is 11.6 Å². The molecule has 0 saturated carbocycles. The molecular weight excluding hydrogens is 196 g/mol. The van der Waals surface area contributed by atoms with Crippen molar-refractivity contribution in [2.75, 3.05) is 5.32 Å². The Kier molecular flexibility index (Phi) is 3.03. The van der Waals surface area contributed by atoms with E-state index in [0.717, 1.165) is 5.69 Å². The lowest BCUT2D eigenvalue weighted by molar-refractivity contribution is 0.634. The molecule has 0 spiro atoms. The van der Waals surface area contributed by atoms with Crippen LogP contribution < -0.4 is 5.32 Å². The van der Waals surface area contributed by atoms with E-state index in [1.54, 1.807) is 12.1 Å². The molecule has 0 aromatic heterocycles. The molecule has 1 aromatic carbocycles. The van der Waals surface area contributed by atoms with Crippen molar-refractivity contribution in [1.82, 2.24) is 0 Å². The number of rotatable bonds is 1. The Morgan fingerprint density at radius 1 is 1.36 bits per heavy atom. The van der Waals surface area contributed by atoms with Gasteiger partial charge in [0, 0.05) is 10.6 Å². The Labute approximate surface area is 89.5 Å². The van der Waals surface area contributed by atoms with Gasteiger partial charge in [-0.3, -0.25) is 0 Å². The molecule has 0 fully saturated rings. The minimum absolute atomic E-state index is 0.0561. The number of nitrogens with one attached hydrogen (secondary N) is 1. The summed E-state index contributed by atoms with van der Waals surface area (Å²) in [6, 6.07) is 7.37. The lowest BCUT2D eigenvalue weighted by atomic mass is 10.1. The number of nitriles is 1. The Bertz CT molecular complexity index is 372. The predicted molar refractivity (Wildman–Crippen MR) is 59.5 cm³/mol. The van der Waals surface area contributed by atoms with Crippen LogP contribution in [-0.4, -0.2) is 5.54 Å². The monoisotopic (exact) mass is 208 g/mol. The summed E-state index contributed by atoms with van der Waals surface area (Å²) in [5, 5.41) is 12.7. The lowest BCUT2D eigenvalue weighted by Gasteiger charge is -2.22. The van der Waals surface area contributed by atoms with Gasteiger partial charge in [0.05, 0.1) is 11.3 Å². The Balaban J connectivity index is 3.05. The van der Waals surface area contributed by atoms with Gasteiger partial charge in [-0.15, -0.1) is 0 Å². The topological polar surface area (TPSA) is 35.8 Å². The van der Waals surface area contributed by atoms with Crippen LogP contribution in [0.15, 0.2) is 18.2 Å². The summed E-state index contributed by atoms with van der Waals surface area (Å²) in [5.74, 6) is 0. The molecule has 0 unspecified atom stereocenters. The van der Waals surface area contributed by atoms with Crippen LogP contribution in [-0.2, 0) is 0 Å². The van der Waals surface area contributed by atoms with Crippen LogP contribution in [0.25, 0.3) is 0 Å². The van der Waals surface area contributed by atoms with Crippen molar-refractivity contribution >= 4 is 17.3 Å². The van der Waals surface area contributed by atoms with Gasteiger partial charge in [0.25, 0.3) is 0 Å². The first-order valence-electron chi connectivity index (χ1n) is 4.40. The second-order valence-electron chi connectivity index (χ2n) is 4.18. The summed E-state index contributed by atoms with van der Waals surface area (Å²) in [5.41, 5.74) is 1.34. The van der Waals surface area contributed by atoms with Crippen molar-refractivity contribution in [1.29, 1.82) is 5.26 Å². The maximum absolute atomic E-state index is 8.89. The zero-order valence-electron chi connectivity index (χ0n) is 8.56. The summed E-state index contributed by atoms with van der Waals surface area (Å²) in [6.07, 6.45) is 0. The fourth-order valence-electron chi connectivity index (χ4n) is 1.12. The molecule has 0 heterocycles. The zero-order chi connectivity index (χ0) is 10.8. The normalized spacial score (nSPS) is 10.8. The lowest BCUT2D eigenvalue weighted by Crippen LogP contribution is -2.26. The fraction of sp³-hybridized carbons (Fsp3) is 0.364. The molecule has 1 N–H and O–H groups in total. The van der Waals surface area contributed by atoms with Crippen molar-refractivity contribution in [2.45, 2.75) is 26.3 Å². The Morgan fingerprint density at radius 3 is 2.50 bits per heavy atom. The molecule has 0 aliphatic heterocycles. The van der Waals surface area contributed by atoms with Gasteiger partial charge >= 0.3 is 0 Å². The first-order valence-corrected chi connectivity index (χ1v) is 4.78. The van der Waals surface area contributed by atoms with E-state index >= 15 is 0 Å². The van der Waals surface area contributed by atoms with Crippen molar-refractivity contribution in [3.63, 3.8) is 0 Å². The van der Waals surface area contributed by atoms with Crippen LogP contribution in [0.2, 0.25) is 5.02 Å². The number of halogens is 1. The maximum atomic E-state index is 8.89. The molecule has 0 radical (unpaired) electrons. The molecule has 0 amide bonds.